The Morgan fingerprint density at radius 1 is 0.690 bits per heavy atom. The Balaban J connectivity index is 1.69. The first-order chi connectivity index (χ1) is 14.0. The Kier molecular flexibility index (Phi) is 6.17. The first-order valence-corrected chi connectivity index (χ1v) is 8.79. The number of aliphatic carboxylic acids is 1. The summed E-state index contributed by atoms with van der Waals surface area (Å²) in [6, 6.07) is 23.6. The van der Waals surface area contributed by atoms with Gasteiger partial charge in [0.05, 0.1) is 11.7 Å². The number of carboxylic acids is 1. The second kappa shape index (κ2) is 9.14. The minimum absolute atomic E-state index is 0.239. The standard InChI is InChI=1S/C23H18N2O4/c26-21(17-9-5-2-6-10-17)24-19-13-11-18(12-14-19)22(27)25-20(23(28)29)15-16-7-3-1-4-8-16/h1-15H,(H,24,26)(H,25,27)(H,28,29)/p-1/b20-15+. The van der Waals surface area contributed by atoms with Crippen molar-refractivity contribution in [3.05, 3.63) is 107 Å². The lowest BCUT2D eigenvalue weighted by molar-refractivity contribution is -0.299. The van der Waals surface area contributed by atoms with Gasteiger partial charge in [-0.2, -0.15) is 0 Å². The van der Waals surface area contributed by atoms with Crippen molar-refractivity contribution in [2.75, 3.05) is 5.32 Å². The molecule has 0 bridgehead atoms. The number of amides is 2. The Labute approximate surface area is 167 Å². The fraction of sp³-hybridized carbons (Fsp3) is 0. The Morgan fingerprint density at radius 3 is 1.83 bits per heavy atom. The van der Waals surface area contributed by atoms with E-state index in [1.165, 1.54) is 18.2 Å². The quantitative estimate of drug-likeness (QED) is 0.637. The SMILES string of the molecule is O=C([O-])/C(=C\c1ccccc1)NC(=O)c1ccc(NC(=O)c2ccccc2)cc1. The maximum Gasteiger partial charge on any atom is 0.255 e. The number of carbonyl (C=O) groups excluding carboxylic acids is 3. The minimum Gasteiger partial charge on any atom is -0.543 e. The molecule has 0 atom stereocenters. The molecule has 3 aromatic carbocycles. The molecule has 144 valence electrons. The van der Waals surface area contributed by atoms with Crippen molar-refractivity contribution >= 4 is 29.5 Å². The van der Waals surface area contributed by atoms with Crippen molar-refractivity contribution < 1.29 is 19.5 Å². The van der Waals surface area contributed by atoms with Gasteiger partial charge in [0.25, 0.3) is 11.8 Å². The summed E-state index contributed by atoms with van der Waals surface area (Å²) in [6.45, 7) is 0. The van der Waals surface area contributed by atoms with Crippen LogP contribution in [0.2, 0.25) is 0 Å². The molecule has 0 unspecified atom stereocenters. The predicted molar refractivity (Wildman–Crippen MR) is 108 cm³/mol. The van der Waals surface area contributed by atoms with E-state index in [0.717, 1.165) is 0 Å². The van der Waals surface area contributed by atoms with Crippen LogP contribution in [0, 0.1) is 0 Å². The molecular formula is C23H17N2O4-. The maximum absolute atomic E-state index is 12.4. The summed E-state index contributed by atoms with van der Waals surface area (Å²) >= 11 is 0. The molecule has 3 aromatic rings. The van der Waals surface area contributed by atoms with Crippen LogP contribution in [-0.2, 0) is 4.79 Å². The third kappa shape index (κ3) is 5.40. The van der Waals surface area contributed by atoms with Gasteiger partial charge in [0.2, 0.25) is 0 Å². The van der Waals surface area contributed by atoms with Crippen LogP contribution in [0.15, 0.2) is 90.6 Å². The third-order valence-electron chi connectivity index (χ3n) is 4.02. The predicted octanol–water partition coefficient (Wildman–Crippen LogP) is 2.46. The van der Waals surface area contributed by atoms with E-state index < -0.39 is 11.9 Å². The molecule has 0 aromatic heterocycles. The van der Waals surface area contributed by atoms with Gasteiger partial charge in [0, 0.05) is 16.8 Å². The Bertz CT molecular complexity index is 1040. The molecule has 0 saturated carbocycles. The highest BCUT2D eigenvalue weighted by Gasteiger charge is 2.10. The molecule has 6 heteroatoms. The zero-order valence-corrected chi connectivity index (χ0v) is 15.3. The van der Waals surface area contributed by atoms with E-state index in [9.17, 15) is 19.5 Å². The highest BCUT2D eigenvalue weighted by atomic mass is 16.4. The molecule has 0 heterocycles. The summed E-state index contributed by atoms with van der Waals surface area (Å²) in [6.07, 6.45) is 1.32. The van der Waals surface area contributed by atoms with Gasteiger partial charge in [-0.05, 0) is 48.0 Å². The topological polar surface area (TPSA) is 98.3 Å². The number of rotatable bonds is 6. The van der Waals surface area contributed by atoms with E-state index in [-0.39, 0.29) is 17.2 Å². The van der Waals surface area contributed by atoms with Gasteiger partial charge in [-0.15, -0.1) is 0 Å². The van der Waals surface area contributed by atoms with E-state index in [4.69, 9.17) is 0 Å². The number of carbonyl (C=O) groups is 3. The van der Waals surface area contributed by atoms with Crippen LogP contribution in [-0.4, -0.2) is 17.8 Å². The number of hydrogen-bond donors (Lipinski definition) is 2. The lowest BCUT2D eigenvalue weighted by Crippen LogP contribution is -2.35. The van der Waals surface area contributed by atoms with Gasteiger partial charge < -0.3 is 20.5 Å². The van der Waals surface area contributed by atoms with Gasteiger partial charge in [0.15, 0.2) is 0 Å². The lowest BCUT2D eigenvalue weighted by atomic mass is 10.1. The van der Waals surface area contributed by atoms with Crippen LogP contribution in [0.5, 0.6) is 0 Å². The molecule has 0 aliphatic carbocycles. The van der Waals surface area contributed by atoms with E-state index >= 15 is 0 Å². The number of hydrogen-bond acceptors (Lipinski definition) is 4. The average molecular weight is 385 g/mol. The molecule has 0 fully saturated rings. The monoisotopic (exact) mass is 385 g/mol. The molecule has 0 aliphatic rings. The van der Waals surface area contributed by atoms with E-state index in [1.54, 1.807) is 66.7 Å². The molecule has 0 aliphatic heterocycles. The van der Waals surface area contributed by atoms with Gasteiger partial charge in [-0.1, -0.05) is 48.5 Å². The molecular weight excluding hydrogens is 368 g/mol. The van der Waals surface area contributed by atoms with E-state index in [1.807, 2.05) is 6.07 Å². The van der Waals surface area contributed by atoms with Crippen molar-refractivity contribution in [3.63, 3.8) is 0 Å². The maximum atomic E-state index is 12.4. The summed E-state index contributed by atoms with van der Waals surface area (Å²) in [4.78, 5) is 35.9. The number of anilines is 1. The number of carboxylic acid groups (broad SMARTS) is 1. The number of nitrogens with one attached hydrogen (secondary N) is 2. The van der Waals surface area contributed by atoms with Crippen molar-refractivity contribution in [2.24, 2.45) is 0 Å². The van der Waals surface area contributed by atoms with Crippen LogP contribution in [0.4, 0.5) is 5.69 Å². The van der Waals surface area contributed by atoms with Crippen molar-refractivity contribution in [2.45, 2.75) is 0 Å². The second-order valence-electron chi connectivity index (χ2n) is 6.11. The van der Waals surface area contributed by atoms with E-state index in [0.29, 0.717) is 16.8 Å². The summed E-state index contributed by atoms with van der Waals surface area (Å²) in [5.41, 5.74) is 1.53. The fourth-order valence-electron chi connectivity index (χ4n) is 2.55. The third-order valence-corrected chi connectivity index (χ3v) is 4.02. The van der Waals surface area contributed by atoms with Gasteiger partial charge in [0.1, 0.15) is 0 Å². The smallest absolute Gasteiger partial charge is 0.255 e. The highest BCUT2D eigenvalue weighted by molar-refractivity contribution is 6.05. The van der Waals surface area contributed by atoms with Crippen molar-refractivity contribution in [1.29, 1.82) is 0 Å². The normalized spacial score (nSPS) is 10.8. The summed E-state index contributed by atoms with van der Waals surface area (Å²) in [7, 11) is 0. The molecule has 0 saturated heterocycles. The molecule has 0 radical (unpaired) electrons. The molecule has 6 nitrogen and oxygen atoms in total. The average Bonchev–Trinajstić information content (AvgIpc) is 2.75. The van der Waals surface area contributed by atoms with E-state index in [2.05, 4.69) is 10.6 Å². The molecule has 2 amide bonds. The summed E-state index contributed by atoms with van der Waals surface area (Å²) in [5.74, 6) is -2.36. The van der Waals surface area contributed by atoms with Crippen molar-refractivity contribution in [1.82, 2.24) is 5.32 Å². The minimum atomic E-state index is -1.49. The molecule has 29 heavy (non-hydrogen) atoms. The number of benzene rings is 3. The molecule has 0 spiro atoms. The fourth-order valence-corrected chi connectivity index (χ4v) is 2.55. The van der Waals surface area contributed by atoms with Crippen molar-refractivity contribution in [3.8, 4) is 0 Å². The van der Waals surface area contributed by atoms with Crippen LogP contribution < -0.4 is 15.7 Å². The molecule has 3 rings (SSSR count). The van der Waals surface area contributed by atoms with Crippen LogP contribution in [0.25, 0.3) is 6.08 Å². The summed E-state index contributed by atoms with van der Waals surface area (Å²) in [5, 5.41) is 16.4. The van der Waals surface area contributed by atoms with Gasteiger partial charge >= 0.3 is 0 Å². The van der Waals surface area contributed by atoms with Crippen LogP contribution >= 0.6 is 0 Å². The Morgan fingerprint density at radius 2 is 1.24 bits per heavy atom. The largest absolute Gasteiger partial charge is 0.543 e. The van der Waals surface area contributed by atoms with Gasteiger partial charge in [-0.3, -0.25) is 9.59 Å². The van der Waals surface area contributed by atoms with Gasteiger partial charge in [-0.25, -0.2) is 0 Å². The first kappa shape index (κ1) is 19.6. The zero-order valence-electron chi connectivity index (χ0n) is 15.3. The summed E-state index contributed by atoms with van der Waals surface area (Å²) < 4.78 is 0. The lowest BCUT2D eigenvalue weighted by Gasteiger charge is -2.12. The zero-order chi connectivity index (χ0) is 20.6. The van der Waals surface area contributed by atoms with Crippen LogP contribution in [0.1, 0.15) is 26.3 Å². The second-order valence-corrected chi connectivity index (χ2v) is 6.11. The molecule has 2 N–H and O–H groups in total. The highest BCUT2D eigenvalue weighted by Crippen LogP contribution is 2.12. The van der Waals surface area contributed by atoms with Crippen LogP contribution in [0.3, 0.4) is 0 Å². The first-order valence-electron chi connectivity index (χ1n) is 8.79. The Hall–Kier alpha value is -4.19.